The summed E-state index contributed by atoms with van der Waals surface area (Å²) in [5.74, 6) is 0.0150. The summed E-state index contributed by atoms with van der Waals surface area (Å²) in [6.07, 6.45) is -0.887. The van der Waals surface area contributed by atoms with Crippen LogP contribution in [0.4, 0.5) is 0 Å². The quantitative estimate of drug-likeness (QED) is 0.341. The molecule has 1 fully saturated rings. The maximum absolute atomic E-state index is 11.8. The first-order valence-electron chi connectivity index (χ1n) is 9.64. The molecule has 1 aliphatic rings. The Morgan fingerprint density at radius 1 is 0.844 bits per heavy atom. The van der Waals surface area contributed by atoms with E-state index < -0.39 is 54.6 Å². The van der Waals surface area contributed by atoms with Crippen LogP contribution in [0.2, 0.25) is 0 Å². The van der Waals surface area contributed by atoms with Crippen molar-refractivity contribution >= 4 is 23.9 Å². The van der Waals surface area contributed by atoms with Gasteiger partial charge in [-0.1, -0.05) is 5.92 Å². The van der Waals surface area contributed by atoms with Crippen molar-refractivity contribution in [3.63, 3.8) is 0 Å². The van der Waals surface area contributed by atoms with Gasteiger partial charge >= 0.3 is 23.9 Å². The molecule has 0 bridgehead atoms. The number of benzene rings is 1. The van der Waals surface area contributed by atoms with Crippen molar-refractivity contribution in [1.29, 1.82) is 0 Å². The molecule has 1 aliphatic heterocycles. The number of ether oxygens (including phenoxy) is 6. The number of esters is 4. The van der Waals surface area contributed by atoms with E-state index in [1.54, 1.807) is 24.3 Å². The van der Waals surface area contributed by atoms with Gasteiger partial charge in [-0.2, -0.15) is 0 Å². The first kappa shape index (κ1) is 24.7. The molecule has 0 aliphatic carbocycles. The van der Waals surface area contributed by atoms with Gasteiger partial charge in [-0.15, -0.1) is 6.42 Å². The summed E-state index contributed by atoms with van der Waals surface area (Å²) in [7, 11) is 0. The van der Waals surface area contributed by atoms with Gasteiger partial charge in [0.2, 0.25) is 12.4 Å². The van der Waals surface area contributed by atoms with Crippen molar-refractivity contribution in [3.05, 3.63) is 29.8 Å². The molecule has 172 valence electrons. The molecule has 2 rings (SSSR count). The highest BCUT2D eigenvalue weighted by atomic mass is 16.7. The van der Waals surface area contributed by atoms with Gasteiger partial charge in [0.25, 0.3) is 0 Å². The molecule has 0 spiro atoms. The first-order valence-corrected chi connectivity index (χ1v) is 9.64. The van der Waals surface area contributed by atoms with E-state index in [0.717, 1.165) is 20.8 Å². The van der Waals surface area contributed by atoms with Crippen LogP contribution < -0.4 is 4.74 Å². The lowest BCUT2D eigenvalue weighted by Crippen LogP contribution is -2.63. The Labute approximate surface area is 185 Å². The average Bonchev–Trinajstić information content (AvgIpc) is 2.70. The van der Waals surface area contributed by atoms with Crippen LogP contribution in [0.25, 0.3) is 0 Å². The lowest BCUT2D eigenvalue weighted by Gasteiger charge is -2.43. The van der Waals surface area contributed by atoms with E-state index in [1.165, 1.54) is 6.92 Å². The molecule has 5 atom stereocenters. The highest BCUT2D eigenvalue weighted by Gasteiger charge is 2.53. The molecule has 1 aromatic rings. The number of terminal acetylenes is 1. The number of carbonyl (C=O) groups excluding carboxylic acids is 4. The first-order chi connectivity index (χ1) is 15.1. The molecule has 1 saturated heterocycles. The van der Waals surface area contributed by atoms with E-state index in [2.05, 4.69) is 5.92 Å². The van der Waals surface area contributed by atoms with Gasteiger partial charge in [-0.25, -0.2) is 0 Å². The second-order valence-electron chi connectivity index (χ2n) is 6.85. The van der Waals surface area contributed by atoms with E-state index in [0.29, 0.717) is 11.3 Å². The standard InChI is InChI=1S/C22H24O10/c1-6-16-7-9-17(10-8-16)31-22-21(30-15(5)26)20(29-14(4)25)19(28-13(3)24)18(32-22)11-27-12(2)23/h1,7-10,18-22H,11H2,2-5H3/t18-,19-,20+,21-,22-/m1/s1. The lowest BCUT2D eigenvalue weighted by atomic mass is 9.98. The van der Waals surface area contributed by atoms with Crippen LogP contribution in [-0.4, -0.2) is 61.2 Å². The Kier molecular flexibility index (Phi) is 8.61. The molecule has 1 aromatic carbocycles. The van der Waals surface area contributed by atoms with Crippen LogP contribution in [0.3, 0.4) is 0 Å². The van der Waals surface area contributed by atoms with E-state index >= 15 is 0 Å². The Morgan fingerprint density at radius 3 is 1.88 bits per heavy atom. The maximum Gasteiger partial charge on any atom is 0.303 e. The van der Waals surface area contributed by atoms with Crippen molar-refractivity contribution in [3.8, 4) is 18.1 Å². The summed E-state index contributed by atoms with van der Waals surface area (Å²) in [5, 5.41) is 0. The zero-order chi connectivity index (χ0) is 23.8. The zero-order valence-electron chi connectivity index (χ0n) is 18.1. The molecule has 0 unspecified atom stereocenters. The number of hydrogen-bond acceptors (Lipinski definition) is 10. The van der Waals surface area contributed by atoms with Crippen LogP contribution in [0.1, 0.15) is 33.3 Å². The lowest BCUT2D eigenvalue weighted by molar-refractivity contribution is -0.288. The van der Waals surface area contributed by atoms with Crippen LogP contribution in [0, 0.1) is 12.3 Å². The zero-order valence-corrected chi connectivity index (χ0v) is 18.1. The third kappa shape index (κ3) is 6.99. The molecule has 0 aromatic heterocycles. The minimum absolute atomic E-state index is 0.310. The van der Waals surface area contributed by atoms with Gasteiger partial charge in [0.15, 0.2) is 12.2 Å². The second-order valence-corrected chi connectivity index (χ2v) is 6.85. The van der Waals surface area contributed by atoms with Gasteiger partial charge in [0, 0.05) is 33.3 Å². The van der Waals surface area contributed by atoms with Gasteiger partial charge in [-0.3, -0.25) is 19.2 Å². The minimum Gasteiger partial charge on any atom is -0.463 e. The Bertz CT molecular complexity index is 885. The number of rotatable bonds is 7. The van der Waals surface area contributed by atoms with Crippen LogP contribution in [0.5, 0.6) is 5.75 Å². The predicted octanol–water partition coefficient (Wildman–Crippen LogP) is 1.13. The topological polar surface area (TPSA) is 124 Å². The Hall–Kier alpha value is -3.58. The van der Waals surface area contributed by atoms with Gasteiger partial charge in [0.1, 0.15) is 18.5 Å². The number of hydrogen-bond donors (Lipinski definition) is 0. The van der Waals surface area contributed by atoms with Crippen molar-refractivity contribution in [2.45, 2.75) is 58.4 Å². The summed E-state index contributed by atoms with van der Waals surface area (Å²) in [6, 6.07) is 6.40. The summed E-state index contributed by atoms with van der Waals surface area (Å²) >= 11 is 0. The molecule has 0 amide bonds. The van der Waals surface area contributed by atoms with E-state index in [4.69, 9.17) is 34.8 Å². The van der Waals surface area contributed by atoms with E-state index in [9.17, 15) is 19.2 Å². The third-order valence-electron chi connectivity index (χ3n) is 4.22. The summed E-state index contributed by atoms with van der Waals surface area (Å²) < 4.78 is 32.6. The Morgan fingerprint density at radius 2 is 1.38 bits per heavy atom. The SMILES string of the molecule is C#Cc1ccc(O[C@@H]2O[C@H](COC(C)=O)[C@@H](OC(C)=O)[C@H](OC(C)=O)[C@H]2OC(C)=O)cc1. The van der Waals surface area contributed by atoms with Gasteiger partial charge in [0.05, 0.1) is 0 Å². The molecule has 1 heterocycles. The summed E-state index contributed by atoms with van der Waals surface area (Å²) in [5.41, 5.74) is 0.610. The van der Waals surface area contributed by atoms with Crippen LogP contribution in [-0.2, 0) is 42.9 Å². The molecule has 0 N–H and O–H groups in total. The molecular formula is C22H24O10. The van der Waals surface area contributed by atoms with Gasteiger partial charge in [-0.05, 0) is 24.3 Å². The second kappa shape index (κ2) is 11.2. The highest BCUT2D eigenvalue weighted by molar-refractivity contribution is 5.68. The molecular weight excluding hydrogens is 424 g/mol. The average molecular weight is 448 g/mol. The number of carbonyl (C=O) groups is 4. The summed E-state index contributed by atoms with van der Waals surface area (Å²) in [4.78, 5) is 46.6. The van der Waals surface area contributed by atoms with E-state index in [1.807, 2.05) is 0 Å². The van der Waals surface area contributed by atoms with Crippen molar-refractivity contribution < 1.29 is 47.6 Å². The summed E-state index contributed by atoms with van der Waals surface area (Å²) in [6.45, 7) is 4.28. The minimum atomic E-state index is -1.30. The van der Waals surface area contributed by atoms with Crippen LogP contribution in [0.15, 0.2) is 24.3 Å². The Balaban J connectivity index is 2.43. The fourth-order valence-corrected chi connectivity index (χ4v) is 3.05. The smallest absolute Gasteiger partial charge is 0.303 e. The molecule has 10 nitrogen and oxygen atoms in total. The fraction of sp³-hybridized carbons (Fsp3) is 0.455. The monoisotopic (exact) mass is 448 g/mol. The normalized spacial score (nSPS) is 24.4. The molecule has 0 radical (unpaired) electrons. The molecule has 10 heteroatoms. The molecule has 0 saturated carbocycles. The van der Waals surface area contributed by atoms with Gasteiger partial charge < -0.3 is 28.4 Å². The molecule has 32 heavy (non-hydrogen) atoms. The highest BCUT2D eigenvalue weighted by Crippen LogP contribution is 2.31. The van der Waals surface area contributed by atoms with Crippen LogP contribution >= 0.6 is 0 Å². The van der Waals surface area contributed by atoms with E-state index in [-0.39, 0.29) is 6.61 Å². The fourth-order valence-electron chi connectivity index (χ4n) is 3.05. The predicted molar refractivity (Wildman–Crippen MR) is 107 cm³/mol. The largest absolute Gasteiger partial charge is 0.463 e. The maximum atomic E-state index is 11.8. The van der Waals surface area contributed by atoms with Crippen molar-refractivity contribution in [2.75, 3.05) is 6.61 Å². The van der Waals surface area contributed by atoms with Crippen molar-refractivity contribution in [2.24, 2.45) is 0 Å². The third-order valence-corrected chi connectivity index (χ3v) is 4.22. The van der Waals surface area contributed by atoms with Crippen molar-refractivity contribution in [1.82, 2.24) is 0 Å².